The lowest BCUT2D eigenvalue weighted by molar-refractivity contribution is -0.137. The first-order chi connectivity index (χ1) is 13.2. The van der Waals surface area contributed by atoms with Gasteiger partial charge in [-0.3, -0.25) is 0 Å². The number of nitrogens with two attached hydrogens (primary N) is 1. The molecule has 5 nitrogen and oxygen atoms in total. The van der Waals surface area contributed by atoms with Crippen molar-refractivity contribution in [2.45, 2.75) is 19.1 Å². The zero-order valence-electron chi connectivity index (χ0n) is 14.9. The molecule has 146 valence electrons. The monoisotopic (exact) mass is 451 g/mol. The summed E-state index contributed by atoms with van der Waals surface area (Å²) in [4.78, 5) is 11.0. The summed E-state index contributed by atoms with van der Waals surface area (Å²) < 4.78 is 40.3. The van der Waals surface area contributed by atoms with Crippen LogP contribution in [-0.4, -0.2) is 24.9 Å². The van der Waals surface area contributed by atoms with E-state index in [2.05, 4.69) is 31.2 Å². The number of hydrogen-bond acceptors (Lipinski definition) is 5. The maximum absolute atomic E-state index is 13.1. The Morgan fingerprint density at radius 2 is 2.00 bits per heavy atom. The average Bonchev–Trinajstić information content (AvgIpc) is 3.09. The standard InChI is InChI=1S/C19H17BrF3N5/c1-10(11-6-12(19(21,22)23)8-14(24)7-11)26-17-15-9-13(20)2-3-16(15)28-5-4-25-18(28)27-17/h2-3,6-10H,4-5,24H2,1H3,(H,25,26,27). The highest BCUT2D eigenvalue weighted by molar-refractivity contribution is 9.10. The van der Waals surface area contributed by atoms with Crippen molar-refractivity contribution < 1.29 is 13.2 Å². The highest BCUT2D eigenvalue weighted by Crippen LogP contribution is 2.34. The van der Waals surface area contributed by atoms with E-state index in [1.54, 1.807) is 6.92 Å². The van der Waals surface area contributed by atoms with Crippen molar-refractivity contribution in [2.24, 2.45) is 9.98 Å². The van der Waals surface area contributed by atoms with Crippen LogP contribution in [0, 0.1) is 0 Å². The highest BCUT2D eigenvalue weighted by Gasteiger charge is 2.32. The van der Waals surface area contributed by atoms with Crippen LogP contribution in [0.5, 0.6) is 0 Å². The predicted molar refractivity (Wildman–Crippen MR) is 108 cm³/mol. The van der Waals surface area contributed by atoms with Gasteiger partial charge in [0, 0.05) is 22.3 Å². The van der Waals surface area contributed by atoms with Crippen molar-refractivity contribution in [1.29, 1.82) is 0 Å². The van der Waals surface area contributed by atoms with Crippen LogP contribution in [0.3, 0.4) is 0 Å². The lowest BCUT2D eigenvalue weighted by Gasteiger charge is -2.29. The third kappa shape index (κ3) is 3.46. The van der Waals surface area contributed by atoms with Gasteiger partial charge >= 0.3 is 6.18 Å². The number of nitrogens with one attached hydrogen (secondary N) is 1. The van der Waals surface area contributed by atoms with Crippen molar-refractivity contribution in [2.75, 3.05) is 23.7 Å². The number of halogens is 4. The average molecular weight is 452 g/mol. The number of guanidine groups is 1. The van der Waals surface area contributed by atoms with Crippen LogP contribution in [0.4, 0.5) is 24.5 Å². The van der Waals surface area contributed by atoms with Crippen molar-refractivity contribution in [3.63, 3.8) is 0 Å². The van der Waals surface area contributed by atoms with Crippen molar-refractivity contribution >= 4 is 39.1 Å². The molecular weight excluding hydrogens is 435 g/mol. The number of nitrogens with zero attached hydrogens (tertiary/aromatic N) is 3. The normalized spacial score (nSPS) is 16.8. The topological polar surface area (TPSA) is 66.0 Å². The number of anilines is 2. The Balaban J connectivity index is 1.69. The Morgan fingerprint density at radius 1 is 1.21 bits per heavy atom. The van der Waals surface area contributed by atoms with Gasteiger partial charge in [0.15, 0.2) is 0 Å². The molecule has 4 rings (SSSR count). The number of fused-ring (bicyclic) bond motifs is 3. The maximum atomic E-state index is 13.1. The molecule has 2 aliphatic rings. The molecule has 2 heterocycles. The van der Waals surface area contributed by atoms with Gasteiger partial charge in [-0.15, -0.1) is 0 Å². The third-order valence-corrected chi connectivity index (χ3v) is 5.19. The lowest BCUT2D eigenvalue weighted by Crippen LogP contribution is -2.38. The van der Waals surface area contributed by atoms with Gasteiger partial charge < -0.3 is 16.0 Å². The Kier molecular flexibility index (Phi) is 4.57. The third-order valence-electron chi connectivity index (χ3n) is 4.69. The first kappa shape index (κ1) is 18.8. The van der Waals surface area contributed by atoms with E-state index < -0.39 is 17.8 Å². The van der Waals surface area contributed by atoms with Crippen LogP contribution in [0.25, 0.3) is 0 Å². The summed E-state index contributed by atoms with van der Waals surface area (Å²) in [7, 11) is 0. The van der Waals surface area contributed by atoms with E-state index in [9.17, 15) is 13.2 Å². The number of rotatable bonds is 2. The second kappa shape index (κ2) is 6.80. The van der Waals surface area contributed by atoms with Crippen LogP contribution in [0.15, 0.2) is 50.9 Å². The first-order valence-corrected chi connectivity index (χ1v) is 9.46. The van der Waals surface area contributed by atoms with E-state index in [1.807, 2.05) is 23.1 Å². The fourth-order valence-corrected chi connectivity index (χ4v) is 3.70. The molecule has 0 fully saturated rings. The van der Waals surface area contributed by atoms with E-state index in [4.69, 9.17) is 5.73 Å². The summed E-state index contributed by atoms with van der Waals surface area (Å²) in [5.74, 6) is 1.17. The summed E-state index contributed by atoms with van der Waals surface area (Å²) in [5, 5.41) is 3.24. The molecule has 28 heavy (non-hydrogen) atoms. The molecule has 3 N–H and O–H groups in total. The van der Waals surface area contributed by atoms with Crippen molar-refractivity contribution in [3.05, 3.63) is 57.6 Å². The minimum Gasteiger partial charge on any atom is -0.399 e. The lowest BCUT2D eigenvalue weighted by atomic mass is 10.0. The Labute approximate surface area is 168 Å². The molecule has 0 radical (unpaired) electrons. The Hall–Kier alpha value is -2.55. The van der Waals surface area contributed by atoms with Crippen LogP contribution < -0.4 is 16.0 Å². The second-order valence-electron chi connectivity index (χ2n) is 6.71. The number of aliphatic imine (C=N–C) groups is 2. The molecule has 0 bridgehead atoms. The number of nitrogen functional groups attached to an aromatic ring is 1. The van der Waals surface area contributed by atoms with Gasteiger partial charge in [0.05, 0.1) is 23.8 Å². The molecule has 1 unspecified atom stereocenters. The molecule has 1 atom stereocenters. The minimum atomic E-state index is -4.46. The SMILES string of the molecule is CC(NC1=NC2=NCCN2c2ccc(Br)cc21)c1cc(N)cc(C(F)(F)F)c1. The van der Waals surface area contributed by atoms with E-state index in [0.717, 1.165) is 34.4 Å². The summed E-state index contributed by atoms with van der Waals surface area (Å²) in [6.07, 6.45) is -4.46. The minimum absolute atomic E-state index is 0.0681. The first-order valence-electron chi connectivity index (χ1n) is 8.67. The second-order valence-corrected chi connectivity index (χ2v) is 7.62. The molecule has 2 aromatic rings. The smallest absolute Gasteiger partial charge is 0.399 e. The van der Waals surface area contributed by atoms with Crippen LogP contribution in [-0.2, 0) is 6.18 Å². The summed E-state index contributed by atoms with van der Waals surface area (Å²) >= 11 is 3.47. The number of alkyl halides is 3. The fourth-order valence-electron chi connectivity index (χ4n) is 3.34. The molecule has 0 saturated heterocycles. The molecule has 0 amide bonds. The maximum Gasteiger partial charge on any atom is 0.416 e. The molecule has 0 aromatic heterocycles. The molecule has 0 aliphatic carbocycles. The zero-order valence-corrected chi connectivity index (χ0v) is 16.5. The quantitative estimate of drug-likeness (QED) is 0.667. The van der Waals surface area contributed by atoms with Crippen LogP contribution in [0.2, 0.25) is 0 Å². The fraction of sp³-hybridized carbons (Fsp3) is 0.263. The van der Waals surface area contributed by atoms with Crippen molar-refractivity contribution in [3.8, 4) is 0 Å². The zero-order chi connectivity index (χ0) is 20.1. The van der Waals surface area contributed by atoms with Gasteiger partial charge in [0.2, 0.25) is 5.96 Å². The summed E-state index contributed by atoms with van der Waals surface area (Å²) in [6.45, 7) is 3.18. The molecule has 2 aliphatic heterocycles. The van der Waals surface area contributed by atoms with E-state index in [0.29, 0.717) is 23.9 Å². The number of benzene rings is 2. The summed E-state index contributed by atoms with van der Waals surface area (Å²) in [6, 6.07) is 8.99. The summed E-state index contributed by atoms with van der Waals surface area (Å²) in [5.41, 5.74) is 7.27. The van der Waals surface area contributed by atoms with Crippen molar-refractivity contribution in [1.82, 2.24) is 5.32 Å². The molecular formula is C19H17BrF3N5. The Bertz CT molecular complexity index is 1000. The number of amidine groups is 1. The molecule has 0 saturated carbocycles. The van der Waals surface area contributed by atoms with E-state index >= 15 is 0 Å². The van der Waals surface area contributed by atoms with E-state index in [1.165, 1.54) is 6.07 Å². The van der Waals surface area contributed by atoms with Gasteiger partial charge in [-0.05, 0) is 48.9 Å². The molecule has 0 spiro atoms. The molecule has 9 heteroatoms. The number of hydrogen-bond donors (Lipinski definition) is 2. The van der Waals surface area contributed by atoms with Gasteiger partial charge in [-0.1, -0.05) is 15.9 Å². The van der Waals surface area contributed by atoms with Gasteiger partial charge in [0.1, 0.15) is 5.84 Å². The van der Waals surface area contributed by atoms with Gasteiger partial charge in [0.25, 0.3) is 0 Å². The predicted octanol–water partition coefficient (Wildman–Crippen LogP) is 4.34. The van der Waals surface area contributed by atoms with Gasteiger partial charge in [-0.25, -0.2) is 4.99 Å². The molecule has 2 aromatic carbocycles. The highest BCUT2D eigenvalue weighted by atomic mass is 79.9. The van der Waals surface area contributed by atoms with Gasteiger partial charge in [-0.2, -0.15) is 18.2 Å². The van der Waals surface area contributed by atoms with Crippen LogP contribution in [0.1, 0.15) is 29.7 Å². The van der Waals surface area contributed by atoms with Crippen LogP contribution >= 0.6 is 15.9 Å². The Morgan fingerprint density at radius 3 is 2.75 bits per heavy atom. The largest absolute Gasteiger partial charge is 0.416 e. The van der Waals surface area contributed by atoms with E-state index in [-0.39, 0.29) is 5.69 Å².